The van der Waals surface area contributed by atoms with Gasteiger partial charge in [-0.3, -0.25) is 10.6 Å². The first kappa shape index (κ1) is 17.2. The zero-order chi connectivity index (χ0) is 18.6. The second-order valence-electron chi connectivity index (χ2n) is 6.04. The molecule has 1 saturated heterocycles. The number of benzene rings is 2. The van der Waals surface area contributed by atoms with Crippen molar-refractivity contribution in [3.63, 3.8) is 0 Å². The van der Waals surface area contributed by atoms with E-state index >= 15 is 0 Å². The van der Waals surface area contributed by atoms with Crippen molar-refractivity contribution in [2.24, 2.45) is 0 Å². The predicted molar refractivity (Wildman–Crippen MR) is 92.6 cm³/mol. The van der Waals surface area contributed by atoms with E-state index in [4.69, 9.17) is 0 Å². The molecule has 0 unspecified atom stereocenters. The van der Waals surface area contributed by atoms with Crippen LogP contribution in [-0.2, 0) is 0 Å². The van der Waals surface area contributed by atoms with E-state index in [-0.39, 0.29) is 0 Å². The molecule has 1 aliphatic rings. The number of piperazine rings is 1. The fraction of sp³-hybridized carbons (Fsp3) is 0.200. The number of nitriles is 4. The third-order valence-corrected chi connectivity index (χ3v) is 4.58. The Bertz CT molecular complexity index is 846. The minimum Gasteiger partial charge on any atom is -0.275 e. The Morgan fingerprint density at radius 2 is 0.885 bits per heavy atom. The highest BCUT2D eigenvalue weighted by atomic mass is 15.2. The molecular weight excluding hydrogens is 324 g/mol. The van der Waals surface area contributed by atoms with Gasteiger partial charge in [0.1, 0.15) is 24.3 Å². The fourth-order valence-electron chi connectivity index (χ4n) is 3.23. The molecular formula is C20H14N6. The molecule has 2 aromatic rings. The van der Waals surface area contributed by atoms with E-state index in [0.29, 0.717) is 11.1 Å². The Morgan fingerprint density at radius 1 is 0.577 bits per heavy atom. The van der Waals surface area contributed by atoms with Gasteiger partial charge in [-0.1, -0.05) is 60.7 Å². The lowest BCUT2D eigenvalue weighted by molar-refractivity contribution is 0.189. The highest BCUT2D eigenvalue weighted by Crippen LogP contribution is 2.40. The van der Waals surface area contributed by atoms with Gasteiger partial charge in [-0.05, 0) is 11.1 Å². The zero-order valence-corrected chi connectivity index (χ0v) is 13.7. The predicted octanol–water partition coefficient (Wildman–Crippen LogP) is 2.23. The molecule has 0 amide bonds. The van der Waals surface area contributed by atoms with E-state index in [1.165, 1.54) is 0 Å². The highest BCUT2D eigenvalue weighted by molar-refractivity contribution is 5.45. The topological polar surface area (TPSA) is 119 Å². The molecule has 2 atom stereocenters. The summed E-state index contributed by atoms with van der Waals surface area (Å²) in [5, 5.41) is 45.2. The van der Waals surface area contributed by atoms with Crippen LogP contribution in [-0.4, -0.2) is 11.1 Å². The van der Waals surface area contributed by atoms with Crippen LogP contribution in [0.1, 0.15) is 23.2 Å². The monoisotopic (exact) mass is 338 g/mol. The average molecular weight is 338 g/mol. The van der Waals surface area contributed by atoms with Gasteiger partial charge in [-0.2, -0.15) is 21.0 Å². The molecule has 0 aromatic heterocycles. The summed E-state index contributed by atoms with van der Waals surface area (Å²) in [6.07, 6.45) is 0. The van der Waals surface area contributed by atoms with Gasteiger partial charge in [0.05, 0.1) is 12.1 Å². The summed E-state index contributed by atoms with van der Waals surface area (Å²) in [6.45, 7) is 0. The van der Waals surface area contributed by atoms with Crippen LogP contribution in [0.25, 0.3) is 0 Å². The third-order valence-electron chi connectivity index (χ3n) is 4.58. The largest absolute Gasteiger partial charge is 0.275 e. The molecule has 124 valence electrons. The van der Waals surface area contributed by atoms with E-state index < -0.39 is 23.2 Å². The van der Waals surface area contributed by atoms with Crippen molar-refractivity contribution in [1.82, 2.24) is 10.6 Å². The number of rotatable bonds is 2. The van der Waals surface area contributed by atoms with Crippen LogP contribution in [0.15, 0.2) is 60.7 Å². The molecule has 1 aliphatic heterocycles. The number of nitrogens with zero attached hydrogens (tertiary/aromatic N) is 4. The van der Waals surface area contributed by atoms with E-state index in [9.17, 15) is 21.0 Å². The van der Waals surface area contributed by atoms with Gasteiger partial charge < -0.3 is 0 Å². The molecule has 0 radical (unpaired) electrons. The van der Waals surface area contributed by atoms with E-state index in [1.54, 1.807) is 48.5 Å². The quantitative estimate of drug-likeness (QED) is 0.866. The van der Waals surface area contributed by atoms with Gasteiger partial charge in [-0.25, -0.2) is 0 Å². The molecule has 1 heterocycles. The van der Waals surface area contributed by atoms with Crippen LogP contribution >= 0.6 is 0 Å². The summed E-state index contributed by atoms with van der Waals surface area (Å²) in [5.74, 6) is 0. The summed E-state index contributed by atoms with van der Waals surface area (Å²) in [4.78, 5) is 0. The number of hydrogen-bond donors (Lipinski definition) is 2. The Balaban J connectivity index is 2.18. The summed E-state index contributed by atoms with van der Waals surface area (Å²) in [5.41, 5.74) is -1.99. The van der Waals surface area contributed by atoms with E-state index in [1.807, 2.05) is 36.4 Å². The van der Waals surface area contributed by atoms with Crippen LogP contribution in [0.4, 0.5) is 0 Å². The van der Waals surface area contributed by atoms with Crippen molar-refractivity contribution in [3.05, 3.63) is 71.8 Å². The van der Waals surface area contributed by atoms with Crippen molar-refractivity contribution < 1.29 is 0 Å². The summed E-state index contributed by atoms with van der Waals surface area (Å²) in [6, 6.07) is 24.3. The second-order valence-corrected chi connectivity index (χ2v) is 6.04. The first-order valence-electron chi connectivity index (χ1n) is 7.95. The molecule has 3 rings (SSSR count). The molecule has 0 bridgehead atoms. The molecule has 2 N–H and O–H groups in total. The van der Waals surface area contributed by atoms with Gasteiger partial charge >= 0.3 is 0 Å². The Kier molecular flexibility index (Phi) is 4.40. The van der Waals surface area contributed by atoms with Crippen molar-refractivity contribution >= 4 is 0 Å². The minimum absolute atomic E-state index is 0.643. The SMILES string of the molecule is N#CC1(C#N)N[C@@H](c2ccccc2)C(C#N)(C#N)N[C@@H]1c1ccccc1. The highest BCUT2D eigenvalue weighted by Gasteiger charge is 2.57. The summed E-state index contributed by atoms with van der Waals surface area (Å²) in [7, 11) is 0. The van der Waals surface area contributed by atoms with Crippen molar-refractivity contribution in [1.29, 1.82) is 21.0 Å². The molecule has 6 heteroatoms. The van der Waals surface area contributed by atoms with Crippen LogP contribution in [0.5, 0.6) is 0 Å². The smallest absolute Gasteiger partial charge is 0.214 e. The maximum atomic E-state index is 9.81. The van der Waals surface area contributed by atoms with Gasteiger partial charge in [0, 0.05) is 0 Å². The summed E-state index contributed by atoms with van der Waals surface area (Å²) >= 11 is 0. The lowest BCUT2D eigenvalue weighted by atomic mass is 9.75. The van der Waals surface area contributed by atoms with Crippen molar-refractivity contribution in [3.8, 4) is 24.3 Å². The molecule has 0 spiro atoms. The van der Waals surface area contributed by atoms with Crippen molar-refractivity contribution in [2.45, 2.75) is 23.2 Å². The zero-order valence-electron chi connectivity index (χ0n) is 13.7. The normalized spacial score (nSPS) is 22.8. The van der Waals surface area contributed by atoms with Crippen LogP contribution in [0, 0.1) is 45.3 Å². The molecule has 0 saturated carbocycles. The first-order valence-corrected chi connectivity index (χ1v) is 7.95. The Labute approximate surface area is 151 Å². The number of hydrogen-bond acceptors (Lipinski definition) is 6. The van der Waals surface area contributed by atoms with Gasteiger partial charge in [0.2, 0.25) is 11.1 Å². The molecule has 26 heavy (non-hydrogen) atoms. The average Bonchev–Trinajstić information content (AvgIpc) is 2.74. The lowest BCUT2D eigenvalue weighted by Crippen LogP contribution is -2.69. The Hall–Kier alpha value is -3.68. The minimum atomic E-state index is -1.64. The second kappa shape index (κ2) is 6.67. The summed E-state index contributed by atoms with van der Waals surface area (Å²) < 4.78 is 0. The third kappa shape index (κ3) is 2.57. The van der Waals surface area contributed by atoms with Gasteiger partial charge in [-0.15, -0.1) is 0 Å². The van der Waals surface area contributed by atoms with E-state index in [0.717, 1.165) is 0 Å². The molecule has 2 aromatic carbocycles. The van der Waals surface area contributed by atoms with E-state index in [2.05, 4.69) is 10.6 Å². The first-order chi connectivity index (χ1) is 12.6. The number of nitrogens with one attached hydrogen (secondary N) is 2. The molecule has 1 fully saturated rings. The molecule has 0 aliphatic carbocycles. The lowest BCUT2D eigenvalue weighted by Gasteiger charge is -2.46. The van der Waals surface area contributed by atoms with Gasteiger partial charge in [0.15, 0.2) is 0 Å². The van der Waals surface area contributed by atoms with Gasteiger partial charge in [0.25, 0.3) is 0 Å². The van der Waals surface area contributed by atoms with Crippen LogP contribution in [0.2, 0.25) is 0 Å². The maximum Gasteiger partial charge on any atom is 0.214 e. The van der Waals surface area contributed by atoms with Crippen LogP contribution in [0.3, 0.4) is 0 Å². The fourth-order valence-corrected chi connectivity index (χ4v) is 3.23. The van der Waals surface area contributed by atoms with Crippen LogP contribution < -0.4 is 10.6 Å². The maximum absolute atomic E-state index is 9.81. The standard InChI is InChI=1S/C20H14N6/c21-11-19(12-22)17(15-7-3-1-4-8-15)25-20(13-23,14-24)18(26-19)16-9-5-2-6-10-16/h1-10,17-18,25-26H/t17-,18+. The molecule has 6 nitrogen and oxygen atoms in total. The Morgan fingerprint density at radius 3 is 1.15 bits per heavy atom. The van der Waals surface area contributed by atoms with Crippen molar-refractivity contribution in [2.75, 3.05) is 0 Å².